The number of carbonyl (C=O) groups excluding carboxylic acids is 1. The standard InChI is InChI=1S/C24H27NO3/c1-23(2,3)15-11-12-17(24(4,5)6)18(13-15)25-22(27)21-14-19(26)16-9-7-8-10-20(16)28-21/h7-14H,1-6H3,(H,25,27). The maximum Gasteiger partial charge on any atom is 0.291 e. The van der Waals surface area contributed by atoms with Gasteiger partial charge < -0.3 is 9.73 Å². The highest BCUT2D eigenvalue weighted by Gasteiger charge is 2.23. The van der Waals surface area contributed by atoms with Crippen LogP contribution >= 0.6 is 0 Å². The van der Waals surface area contributed by atoms with Gasteiger partial charge in [-0.3, -0.25) is 9.59 Å². The normalized spacial score (nSPS) is 12.2. The van der Waals surface area contributed by atoms with Crippen molar-refractivity contribution in [3.05, 3.63) is 75.6 Å². The van der Waals surface area contributed by atoms with Gasteiger partial charge in [-0.05, 0) is 40.2 Å². The van der Waals surface area contributed by atoms with Gasteiger partial charge in [0.1, 0.15) is 5.58 Å². The lowest BCUT2D eigenvalue weighted by Crippen LogP contribution is -2.21. The zero-order valence-electron chi connectivity index (χ0n) is 17.3. The predicted octanol–water partition coefficient (Wildman–Crippen LogP) is 5.64. The van der Waals surface area contributed by atoms with Crippen LogP contribution in [0.15, 0.2) is 57.7 Å². The first-order valence-corrected chi connectivity index (χ1v) is 9.46. The molecule has 2 aromatic carbocycles. The molecule has 146 valence electrons. The minimum Gasteiger partial charge on any atom is -0.451 e. The summed E-state index contributed by atoms with van der Waals surface area (Å²) < 4.78 is 5.69. The molecule has 0 unspecified atom stereocenters. The number of amides is 1. The van der Waals surface area contributed by atoms with E-state index in [4.69, 9.17) is 4.42 Å². The smallest absolute Gasteiger partial charge is 0.291 e. The van der Waals surface area contributed by atoms with E-state index in [-0.39, 0.29) is 22.0 Å². The van der Waals surface area contributed by atoms with Crippen LogP contribution in [0.3, 0.4) is 0 Å². The molecule has 0 saturated carbocycles. The molecule has 0 aliphatic carbocycles. The van der Waals surface area contributed by atoms with Gasteiger partial charge in [0.15, 0.2) is 11.2 Å². The topological polar surface area (TPSA) is 59.3 Å². The molecule has 0 bridgehead atoms. The van der Waals surface area contributed by atoms with Crippen LogP contribution in [0.5, 0.6) is 0 Å². The quantitative estimate of drug-likeness (QED) is 0.629. The number of carbonyl (C=O) groups is 1. The monoisotopic (exact) mass is 377 g/mol. The second-order valence-electron chi connectivity index (χ2n) is 9.19. The minimum absolute atomic E-state index is 0.00437. The van der Waals surface area contributed by atoms with E-state index in [1.807, 2.05) is 6.07 Å². The van der Waals surface area contributed by atoms with Crippen molar-refractivity contribution in [1.82, 2.24) is 0 Å². The molecule has 3 rings (SSSR count). The Morgan fingerprint density at radius 2 is 1.57 bits per heavy atom. The highest BCUT2D eigenvalue weighted by molar-refractivity contribution is 6.03. The van der Waals surface area contributed by atoms with Gasteiger partial charge in [-0.25, -0.2) is 0 Å². The van der Waals surface area contributed by atoms with E-state index in [2.05, 4.69) is 59.0 Å². The first-order chi connectivity index (χ1) is 13.0. The molecule has 28 heavy (non-hydrogen) atoms. The summed E-state index contributed by atoms with van der Waals surface area (Å²) in [6.45, 7) is 12.7. The van der Waals surface area contributed by atoms with E-state index in [1.54, 1.807) is 24.3 Å². The molecule has 1 amide bonds. The van der Waals surface area contributed by atoms with Crippen molar-refractivity contribution in [2.24, 2.45) is 0 Å². The number of para-hydroxylation sites is 1. The van der Waals surface area contributed by atoms with Gasteiger partial charge in [0.2, 0.25) is 0 Å². The molecule has 4 nitrogen and oxygen atoms in total. The average molecular weight is 377 g/mol. The molecular weight excluding hydrogens is 350 g/mol. The Kier molecular flexibility index (Phi) is 4.92. The largest absolute Gasteiger partial charge is 0.451 e. The number of rotatable bonds is 2. The van der Waals surface area contributed by atoms with Gasteiger partial charge in [0.25, 0.3) is 5.91 Å². The van der Waals surface area contributed by atoms with Crippen molar-refractivity contribution in [3.63, 3.8) is 0 Å². The molecule has 0 saturated heterocycles. The van der Waals surface area contributed by atoms with Gasteiger partial charge in [-0.2, -0.15) is 0 Å². The van der Waals surface area contributed by atoms with Gasteiger partial charge >= 0.3 is 0 Å². The number of nitrogens with one attached hydrogen (secondary N) is 1. The van der Waals surface area contributed by atoms with Gasteiger partial charge in [0, 0.05) is 11.8 Å². The highest BCUT2D eigenvalue weighted by Crippen LogP contribution is 2.34. The van der Waals surface area contributed by atoms with Crippen LogP contribution < -0.4 is 10.7 Å². The van der Waals surface area contributed by atoms with Crippen molar-refractivity contribution in [2.45, 2.75) is 52.4 Å². The van der Waals surface area contributed by atoms with Crippen molar-refractivity contribution in [1.29, 1.82) is 0 Å². The van der Waals surface area contributed by atoms with Crippen LogP contribution in [-0.2, 0) is 10.8 Å². The van der Waals surface area contributed by atoms with Crippen molar-refractivity contribution in [2.75, 3.05) is 5.32 Å². The third-order valence-electron chi connectivity index (χ3n) is 4.80. The van der Waals surface area contributed by atoms with E-state index < -0.39 is 5.91 Å². The lowest BCUT2D eigenvalue weighted by atomic mass is 9.81. The van der Waals surface area contributed by atoms with Gasteiger partial charge in [-0.15, -0.1) is 0 Å². The molecule has 0 fully saturated rings. The second-order valence-corrected chi connectivity index (χ2v) is 9.19. The summed E-state index contributed by atoms with van der Waals surface area (Å²) in [6, 6.07) is 14.4. The molecule has 0 radical (unpaired) electrons. The molecule has 1 N–H and O–H groups in total. The van der Waals surface area contributed by atoms with E-state index in [9.17, 15) is 9.59 Å². The zero-order valence-corrected chi connectivity index (χ0v) is 17.3. The fourth-order valence-electron chi connectivity index (χ4n) is 3.17. The van der Waals surface area contributed by atoms with E-state index in [0.717, 1.165) is 16.8 Å². The third-order valence-corrected chi connectivity index (χ3v) is 4.80. The van der Waals surface area contributed by atoms with Crippen LogP contribution in [0.2, 0.25) is 0 Å². The summed E-state index contributed by atoms with van der Waals surface area (Å²) in [5.41, 5.74) is 2.86. The molecule has 3 aromatic rings. The Morgan fingerprint density at radius 3 is 2.21 bits per heavy atom. The molecule has 0 aliphatic rings. The Bertz CT molecular complexity index is 1100. The maximum atomic E-state index is 12.9. The molecule has 0 aliphatic heterocycles. The molecule has 0 spiro atoms. The lowest BCUT2D eigenvalue weighted by Gasteiger charge is -2.27. The first-order valence-electron chi connectivity index (χ1n) is 9.46. The third kappa shape index (κ3) is 4.01. The summed E-state index contributed by atoms with van der Waals surface area (Å²) in [7, 11) is 0. The number of hydrogen-bond donors (Lipinski definition) is 1. The summed E-state index contributed by atoms with van der Waals surface area (Å²) in [5.74, 6) is -0.427. The van der Waals surface area contributed by atoms with E-state index in [1.165, 1.54) is 6.07 Å². The SMILES string of the molecule is CC(C)(C)c1ccc(C(C)(C)C)c(NC(=O)c2cc(=O)c3ccccc3o2)c1. The molecule has 0 atom stereocenters. The second kappa shape index (κ2) is 6.93. The number of benzene rings is 2. The number of hydrogen-bond acceptors (Lipinski definition) is 3. The van der Waals surface area contributed by atoms with Crippen LogP contribution in [0.4, 0.5) is 5.69 Å². The number of fused-ring (bicyclic) bond motifs is 1. The summed E-state index contributed by atoms with van der Waals surface area (Å²) in [4.78, 5) is 25.2. The Morgan fingerprint density at radius 1 is 0.893 bits per heavy atom. The van der Waals surface area contributed by atoms with Crippen LogP contribution in [0, 0.1) is 0 Å². The van der Waals surface area contributed by atoms with Crippen LogP contribution in [-0.4, -0.2) is 5.91 Å². The fraction of sp³-hybridized carbons (Fsp3) is 0.333. The van der Waals surface area contributed by atoms with Crippen LogP contribution in [0.1, 0.15) is 63.2 Å². The average Bonchev–Trinajstić information content (AvgIpc) is 2.60. The summed E-state index contributed by atoms with van der Waals surface area (Å²) in [6.07, 6.45) is 0. The molecule has 4 heteroatoms. The minimum atomic E-state index is -0.431. The lowest BCUT2D eigenvalue weighted by molar-refractivity contribution is 0.0997. The zero-order chi connectivity index (χ0) is 20.7. The highest BCUT2D eigenvalue weighted by atomic mass is 16.3. The molecule has 1 aromatic heterocycles. The van der Waals surface area contributed by atoms with Crippen molar-refractivity contribution < 1.29 is 9.21 Å². The van der Waals surface area contributed by atoms with Crippen molar-refractivity contribution in [3.8, 4) is 0 Å². The van der Waals surface area contributed by atoms with Gasteiger partial charge in [0.05, 0.1) is 5.39 Å². The Balaban J connectivity index is 2.05. The first kappa shape index (κ1) is 19.9. The predicted molar refractivity (Wildman–Crippen MR) is 114 cm³/mol. The molecule has 1 heterocycles. The molecular formula is C24H27NO3. The maximum absolute atomic E-state index is 12.9. The Hall–Kier alpha value is -2.88. The fourth-order valence-corrected chi connectivity index (χ4v) is 3.17. The summed E-state index contributed by atoms with van der Waals surface area (Å²) in [5, 5.41) is 3.43. The number of anilines is 1. The van der Waals surface area contributed by atoms with Crippen molar-refractivity contribution >= 4 is 22.6 Å². The summed E-state index contributed by atoms with van der Waals surface area (Å²) >= 11 is 0. The van der Waals surface area contributed by atoms with E-state index in [0.29, 0.717) is 11.0 Å². The van der Waals surface area contributed by atoms with Crippen LogP contribution in [0.25, 0.3) is 11.0 Å². The van der Waals surface area contributed by atoms with Gasteiger partial charge in [-0.1, -0.05) is 65.8 Å². The van der Waals surface area contributed by atoms with E-state index >= 15 is 0 Å². The Labute approximate surface area is 165 Å².